The van der Waals surface area contributed by atoms with E-state index in [-0.39, 0.29) is 29.7 Å². The fraction of sp³-hybridized carbons (Fsp3) is 0.455. The van der Waals surface area contributed by atoms with Gasteiger partial charge in [-0.3, -0.25) is 9.98 Å². The molecule has 1 aromatic carbocycles. The summed E-state index contributed by atoms with van der Waals surface area (Å²) >= 11 is 0. The lowest BCUT2D eigenvalue weighted by atomic mass is 9.69. The highest BCUT2D eigenvalue weighted by molar-refractivity contribution is 5.98. The van der Waals surface area contributed by atoms with E-state index < -0.39 is 5.41 Å². The summed E-state index contributed by atoms with van der Waals surface area (Å²) in [5, 5.41) is 4.84. The normalized spacial score (nSPS) is 26.5. The van der Waals surface area contributed by atoms with Crippen LogP contribution in [0, 0.1) is 11.2 Å². The summed E-state index contributed by atoms with van der Waals surface area (Å²) in [6, 6.07) is 1.90. The summed E-state index contributed by atoms with van der Waals surface area (Å²) in [6.45, 7) is 5.07. The van der Waals surface area contributed by atoms with E-state index in [0.717, 1.165) is 11.3 Å². The number of aliphatic imine (C=N–C) groups is 2. The number of morpholine rings is 1. The fourth-order valence-electron chi connectivity index (χ4n) is 5.56. The Morgan fingerprint density at radius 3 is 2.77 bits per heavy atom. The van der Waals surface area contributed by atoms with Crippen LogP contribution in [0.4, 0.5) is 10.1 Å². The zero-order valence-electron chi connectivity index (χ0n) is 17.6. The molecule has 0 N–H and O–H groups in total. The van der Waals surface area contributed by atoms with Crippen LogP contribution >= 0.6 is 0 Å². The van der Waals surface area contributed by atoms with Crippen LogP contribution in [-0.2, 0) is 18.2 Å². The zero-order valence-corrected chi connectivity index (χ0v) is 17.6. The van der Waals surface area contributed by atoms with Gasteiger partial charge in [0, 0.05) is 26.0 Å². The molecule has 160 valence electrons. The quantitative estimate of drug-likeness (QED) is 0.602. The van der Waals surface area contributed by atoms with Crippen molar-refractivity contribution in [3.05, 3.63) is 30.0 Å². The minimum Gasteiger partial charge on any atom is -0.372 e. The van der Waals surface area contributed by atoms with Crippen molar-refractivity contribution < 1.29 is 13.7 Å². The summed E-state index contributed by atoms with van der Waals surface area (Å²) in [5.41, 5.74) is 2.55. The van der Waals surface area contributed by atoms with Crippen LogP contribution in [0.5, 0.6) is 0 Å². The first-order valence-electron chi connectivity index (χ1n) is 10.5. The lowest BCUT2D eigenvalue weighted by Crippen LogP contribution is -2.65. The van der Waals surface area contributed by atoms with E-state index in [9.17, 15) is 0 Å². The molecule has 0 bridgehead atoms. The van der Waals surface area contributed by atoms with E-state index in [1.54, 1.807) is 12.5 Å². The van der Waals surface area contributed by atoms with Crippen molar-refractivity contribution in [2.45, 2.75) is 38.5 Å². The monoisotopic (exact) mass is 422 g/mol. The van der Waals surface area contributed by atoms with Crippen molar-refractivity contribution in [2.24, 2.45) is 22.4 Å². The molecule has 6 rings (SSSR count). The molecule has 3 aromatic rings. The Morgan fingerprint density at radius 2 is 2.03 bits per heavy atom. The van der Waals surface area contributed by atoms with Gasteiger partial charge in [0.05, 0.1) is 53.0 Å². The second-order valence-corrected chi connectivity index (χ2v) is 8.80. The average Bonchev–Trinajstić information content (AvgIpc) is 3.33. The summed E-state index contributed by atoms with van der Waals surface area (Å²) in [5.74, 6) is -0.376. The van der Waals surface area contributed by atoms with Crippen LogP contribution in [0.3, 0.4) is 0 Å². The molecular weight excluding hydrogens is 399 g/mol. The van der Waals surface area contributed by atoms with Gasteiger partial charge in [-0.2, -0.15) is 0 Å². The number of aromatic nitrogens is 3. The first-order valence-corrected chi connectivity index (χ1v) is 10.5. The van der Waals surface area contributed by atoms with Gasteiger partial charge in [0.1, 0.15) is 12.4 Å². The molecule has 0 unspecified atom stereocenters. The number of halogens is 1. The van der Waals surface area contributed by atoms with Crippen LogP contribution in [0.25, 0.3) is 22.4 Å². The maximum absolute atomic E-state index is 16.0. The lowest BCUT2D eigenvalue weighted by Gasteiger charge is -2.54. The number of imidazole rings is 1. The van der Waals surface area contributed by atoms with Gasteiger partial charge in [0.15, 0.2) is 5.82 Å². The van der Waals surface area contributed by atoms with Gasteiger partial charge in [-0.25, -0.2) is 9.37 Å². The minimum atomic E-state index is -0.450. The third kappa shape index (κ3) is 2.56. The molecule has 0 radical (unpaired) electrons. The Hall–Kier alpha value is -3.07. The highest BCUT2D eigenvalue weighted by Gasteiger charge is 2.52. The van der Waals surface area contributed by atoms with E-state index >= 15 is 4.39 Å². The van der Waals surface area contributed by atoms with Crippen molar-refractivity contribution in [1.82, 2.24) is 14.7 Å². The zero-order chi connectivity index (χ0) is 21.3. The number of rotatable bonds is 1. The molecule has 0 saturated carbocycles. The van der Waals surface area contributed by atoms with Crippen LogP contribution in [0.15, 0.2) is 33.1 Å². The van der Waals surface area contributed by atoms with Crippen molar-refractivity contribution >= 4 is 29.1 Å². The highest BCUT2D eigenvalue weighted by Crippen LogP contribution is 2.48. The topological polar surface area (TPSA) is 81.0 Å². The molecule has 8 nitrogen and oxygen atoms in total. The lowest BCUT2D eigenvalue weighted by molar-refractivity contribution is -0.0432. The second-order valence-electron chi connectivity index (χ2n) is 8.80. The van der Waals surface area contributed by atoms with Crippen LogP contribution < -0.4 is 4.90 Å². The number of ether oxygens (including phenoxy) is 1. The number of hydrogen-bond acceptors (Lipinski definition) is 7. The van der Waals surface area contributed by atoms with Crippen molar-refractivity contribution in [2.75, 3.05) is 18.1 Å². The minimum absolute atomic E-state index is 0.0263. The fourth-order valence-corrected chi connectivity index (χ4v) is 5.56. The largest absolute Gasteiger partial charge is 0.372 e. The van der Waals surface area contributed by atoms with Crippen LogP contribution in [0.1, 0.15) is 19.4 Å². The molecule has 1 fully saturated rings. The Labute approximate surface area is 178 Å². The molecule has 3 aliphatic rings. The number of aryl methyl sites for hydroxylation is 1. The number of benzene rings is 1. The van der Waals surface area contributed by atoms with Gasteiger partial charge in [-0.05, 0) is 31.9 Å². The first-order chi connectivity index (χ1) is 15.0. The Kier molecular flexibility index (Phi) is 3.89. The molecular formula is C22H23FN6O2. The molecule has 5 heterocycles. The molecule has 3 atom stereocenters. The van der Waals surface area contributed by atoms with Gasteiger partial charge < -0.3 is 18.7 Å². The van der Waals surface area contributed by atoms with Crippen LogP contribution in [-0.4, -0.2) is 58.6 Å². The molecule has 31 heavy (non-hydrogen) atoms. The van der Waals surface area contributed by atoms with E-state index in [1.165, 1.54) is 0 Å². The van der Waals surface area contributed by atoms with E-state index in [4.69, 9.17) is 9.26 Å². The second kappa shape index (κ2) is 6.46. The Morgan fingerprint density at radius 1 is 1.23 bits per heavy atom. The van der Waals surface area contributed by atoms with Crippen molar-refractivity contribution in [3.63, 3.8) is 0 Å². The number of anilines is 1. The van der Waals surface area contributed by atoms with E-state index in [1.807, 2.05) is 44.0 Å². The molecule has 9 heteroatoms. The average molecular weight is 422 g/mol. The maximum atomic E-state index is 16.0. The third-order valence-electron chi connectivity index (χ3n) is 6.66. The summed E-state index contributed by atoms with van der Waals surface area (Å²) in [6.07, 6.45) is 7.81. The summed E-state index contributed by atoms with van der Waals surface area (Å²) < 4.78 is 29.5. The van der Waals surface area contributed by atoms with Gasteiger partial charge in [-0.15, -0.1) is 0 Å². The molecule has 0 aliphatic carbocycles. The number of hydrogen-bond donors (Lipinski definition) is 0. The highest BCUT2D eigenvalue weighted by atomic mass is 19.1. The first kappa shape index (κ1) is 18.7. The van der Waals surface area contributed by atoms with Crippen molar-refractivity contribution in [3.8, 4) is 11.4 Å². The van der Waals surface area contributed by atoms with Crippen molar-refractivity contribution in [1.29, 1.82) is 0 Å². The Balaban J connectivity index is 1.60. The van der Waals surface area contributed by atoms with E-state index in [0.29, 0.717) is 36.4 Å². The molecule has 1 spiro atoms. The van der Waals surface area contributed by atoms with Gasteiger partial charge >= 0.3 is 0 Å². The van der Waals surface area contributed by atoms with Gasteiger partial charge in [0.25, 0.3) is 0 Å². The standard InChI is InChI=1S/C22H23FN6O2/c1-12-7-29-19-14(5-22(8-25-10-26-9-22)21(29)13(2)30-12)4-15-18(16-6-24-11-28(16)3)27-31-20(15)17(19)23/h4,6,8-9,11-13,21H,5,7,10H2,1-3H3/t12-,13+,21-/m0/s1. The predicted octanol–water partition coefficient (Wildman–Crippen LogP) is 3.00. The molecule has 3 aliphatic heterocycles. The van der Waals surface area contributed by atoms with Crippen LogP contribution in [0.2, 0.25) is 0 Å². The molecule has 1 saturated heterocycles. The summed E-state index contributed by atoms with van der Waals surface area (Å²) in [4.78, 5) is 15.2. The third-order valence-corrected chi connectivity index (χ3v) is 6.66. The van der Waals surface area contributed by atoms with Gasteiger partial charge in [0.2, 0.25) is 5.58 Å². The SMILES string of the molecule is C[C@H]1CN2c3c(cc4c(-c5cncn5C)noc4c3F)CC3(C=NCN=C3)[C@@H]2[C@@H](C)O1. The molecule has 2 aromatic heterocycles. The Bertz CT molecular complexity index is 1230. The maximum Gasteiger partial charge on any atom is 0.205 e. The smallest absolute Gasteiger partial charge is 0.205 e. The summed E-state index contributed by atoms with van der Waals surface area (Å²) in [7, 11) is 1.88. The number of nitrogens with zero attached hydrogens (tertiary/aromatic N) is 6. The predicted molar refractivity (Wildman–Crippen MR) is 115 cm³/mol. The van der Waals surface area contributed by atoms with E-state index in [2.05, 4.69) is 25.0 Å². The van der Waals surface area contributed by atoms with Gasteiger partial charge in [-0.1, -0.05) is 5.16 Å². The number of fused-ring (bicyclic) bond motifs is 5. The molecule has 0 amide bonds.